The van der Waals surface area contributed by atoms with Gasteiger partial charge in [0.25, 0.3) is 0 Å². The van der Waals surface area contributed by atoms with Crippen LogP contribution in [0.15, 0.2) is 42.5 Å². The fraction of sp³-hybridized carbons (Fsp3) is 0.261. The van der Waals surface area contributed by atoms with E-state index < -0.39 is 0 Å². The molecule has 0 saturated carbocycles. The van der Waals surface area contributed by atoms with Gasteiger partial charge in [0, 0.05) is 5.56 Å². The number of aromatic nitrogens is 3. The second-order valence-corrected chi connectivity index (χ2v) is 9.41. The van der Waals surface area contributed by atoms with E-state index in [0.717, 1.165) is 32.2 Å². The Bertz CT molecular complexity index is 1280. The van der Waals surface area contributed by atoms with Crippen LogP contribution in [0.3, 0.4) is 0 Å². The van der Waals surface area contributed by atoms with E-state index in [-0.39, 0.29) is 11.2 Å². The first-order valence-corrected chi connectivity index (χ1v) is 12.1. The first kappa shape index (κ1) is 20.8. The number of nitrogens with one attached hydrogen (secondary N) is 1. The molecule has 0 unspecified atom stereocenters. The molecule has 0 bridgehead atoms. The smallest absolute Gasteiger partial charge is 0.235 e. The molecule has 4 aromatic rings. The Balaban J connectivity index is 1.64. The van der Waals surface area contributed by atoms with Crippen LogP contribution in [0.2, 0.25) is 0 Å². The number of carbonyl (C=O) groups excluding carboxylic acids is 1. The summed E-state index contributed by atoms with van der Waals surface area (Å²) >= 11 is 3.13. The molecule has 0 radical (unpaired) electrons. The van der Waals surface area contributed by atoms with Gasteiger partial charge in [0.05, 0.1) is 40.6 Å². The molecule has 1 atom stereocenters. The van der Waals surface area contributed by atoms with E-state index in [9.17, 15) is 4.79 Å². The lowest BCUT2D eigenvalue weighted by atomic mass is 10.0. The summed E-state index contributed by atoms with van der Waals surface area (Å²) in [6, 6.07) is 13.9. The molecule has 2 aromatic carbocycles. The molecule has 1 N–H and O–H groups in total. The van der Waals surface area contributed by atoms with Crippen molar-refractivity contribution in [1.29, 1.82) is 0 Å². The third-order valence-electron chi connectivity index (χ3n) is 5.26. The first-order valence-electron chi connectivity index (χ1n) is 10.3. The topological polar surface area (TPSA) is 78.3 Å². The summed E-state index contributed by atoms with van der Waals surface area (Å²) in [4.78, 5) is 17.4. The zero-order chi connectivity index (χ0) is 22.2. The Kier molecular flexibility index (Phi) is 5.52. The lowest BCUT2D eigenvalue weighted by molar-refractivity contribution is -0.113. The Morgan fingerprint density at radius 3 is 2.84 bits per heavy atom. The minimum Gasteiger partial charge on any atom is -0.493 e. The highest BCUT2D eigenvalue weighted by Gasteiger charge is 2.31. The van der Waals surface area contributed by atoms with Crippen LogP contribution in [-0.4, -0.2) is 40.1 Å². The number of fused-ring (bicyclic) bond motifs is 2. The van der Waals surface area contributed by atoms with Crippen LogP contribution in [0.5, 0.6) is 11.5 Å². The van der Waals surface area contributed by atoms with Gasteiger partial charge >= 0.3 is 0 Å². The van der Waals surface area contributed by atoms with Crippen molar-refractivity contribution in [2.75, 3.05) is 24.8 Å². The van der Waals surface area contributed by atoms with Crippen LogP contribution >= 0.6 is 23.1 Å². The number of amides is 1. The Hall–Kier alpha value is -3.04. The van der Waals surface area contributed by atoms with Crippen LogP contribution in [-0.2, 0) is 4.79 Å². The highest BCUT2D eigenvalue weighted by molar-refractivity contribution is 8.00. The molecule has 0 fully saturated rings. The van der Waals surface area contributed by atoms with Gasteiger partial charge in [0.15, 0.2) is 11.5 Å². The number of nitrogens with zero attached hydrogens (tertiary/aromatic N) is 3. The Labute approximate surface area is 193 Å². The van der Waals surface area contributed by atoms with Gasteiger partial charge in [0.1, 0.15) is 5.82 Å². The number of rotatable bonds is 5. The number of carbonyl (C=O) groups is 1. The lowest BCUT2D eigenvalue weighted by Gasteiger charge is -2.17. The van der Waals surface area contributed by atoms with Gasteiger partial charge in [0.2, 0.25) is 11.0 Å². The molecule has 1 aliphatic heterocycles. The zero-order valence-corrected chi connectivity index (χ0v) is 19.5. The average Bonchev–Trinajstić information content (AvgIpc) is 3.30. The van der Waals surface area contributed by atoms with Crippen molar-refractivity contribution in [1.82, 2.24) is 14.8 Å². The van der Waals surface area contributed by atoms with Crippen molar-refractivity contribution in [2.45, 2.75) is 19.1 Å². The van der Waals surface area contributed by atoms with Crippen molar-refractivity contribution in [3.05, 3.63) is 59.3 Å². The number of aryl methyl sites for hydroxylation is 1. The molecule has 1 aliphatic rings. The van der Waals surface area contributed by atoms with Gasteiger partial charge in [-0.2, -0.15) is 9.78 Å². The summed E-state index contributed by atoms with van der Waals surface area (Å²) in [5, 5.41) is 8.49. The Morgan fingerprint density at radius 1 is 1.22 bits per heavy atom. The summed E-state index contributed by atoms with van der Waals surface area (Å²) in [7, 11) is 1.63. The van der Waals surface area contributed by atoms with Gasteiger partial charge in [-0.25, -0.2) is 4.98 Å². The molecule has 7 nitrogen and oxygen atoms in total. The lowest BCUT2D eigenvalue weighted by Crippen LogP contribution is -2.15. The maximum Gasteiger partial charge on any atom is 0.235 e. The van der Waals surface area contributed by atoms with Crippen LogP contribution < -0.4 is 14.8 Å². The predicted molar refractivity (Wildman–Crippen MR) is 129 cm³/mol. The molecule has 1 amide bonds. The van der Waals surface area contributed by atoms with Crippen molar-refractivity contribution in [3.8, 4) is 16.6 Å². The molecule has 0 spiro atoms. The van der Waals surface area contributed by atoms with Crippen molar-refractivity contribution < 1.29 is 14.3 Å². The number of benzene rings is 2. The number of ether oxygens (including phenoxy) is 2. The van der Waals surface area contributed by atoms with E-state index in [1.165, 1.54) is 0 Å². The summed E-state index contributed by atoms with van der Waals surface area (Å²) in [5.74, 6) is 2.34. The Morgan fingerprint density at radius 2 is 2.06 bits per heavy atom. The molecule has 32 heavy (non-hydrogen) atoms. The van der Waals surface area contributed by atoms with E-state index in [2.05, 4.69) is 5.32 Å². The number of para-hydroxylation sites is 1. The third-order valence-corrected chi connectivity index (χ3v) is 7.54. The van der Waals surface area contributed by atoms with Crippen LogP contribution in [0.4, 0.5) is 5.82 Å². The molecule has 5 rings (SSSR count). The summed E-state index contributed by atoms with van der Waals surface area (Å²) in [5.41, 5.74) is 3.77. The van der Waals surface area contributed by atoms with Crippen molar-refractivity contribution in [3.63, 3.8) is 0 Å². The largest absolute Gasteiger partial charge is 0.493 e. The van der Waals surface area contributed by atoms with Gasteiger partial charge in [-0.1, -0.05) is 29.5 Å². The van der Waals surface area contributed by atoms with E-state index in [1.54, 1.807) is 34.9 Å². The normalized spacial score (nSPS) is 15.8. The highest BCUT2D eigenvalue weighted by Crippen LogP contribution is 2.46. The van der Waals surface area contributed by atoms with E-state index >= 15 is 0 Å². The second-order valence-electron chi connectivity index (χ2n) is 7.31. The van der Waals surface area contributed by atoms with E-state index in [1.807, 2.05) is 56.3 Å². The quantitative estimate of drug-likeness (QED) is 0.447. The highest BCUT2D eigenvalue weighted by atomic mass is 32.2. The monoisotopic (exact) mass is 466 g/mol. The zero-order valence-electron chi connectivity index (χ0n) is 17.9. The number of thiazole rings is 1. The molecular formula is C23H22N4O3S2. The van der Waals surface area contributed by atoms with Crippen molar-refractivity contribution in [2.24, 2.45) is 0 Å². The third kappa shape index (κ3) is 3.61. The van der Waals surface area contributed by atoms with Gasteiger partial charge in [-0.15, -0.1) is 11.8 Å². The molecule has 9 heteroatoms. The van der Waals surface area contributed by atoms with Gasteiger partial charge in [-0.05, 0) is 43.7 Å². The fourth-order valence-electron chi connectivity index (χ4n) is 3.86. The van der Waals surface area contributed by atoms with Crippen LogP contribution in [0, 0.1) is 6.92 Å². The summed E-state index contributed by atoms with van der Waals surface area (Å²) in [6.07, 6.45) is 0. The van der Waals surface area contributed by atoms with Gasteiger partial charge in [-0.3, -0.25) is 4.79 Å². The summed E-state index contributed by atoms with van der Waals surface area (Å²) < 4.78 is 14.1. The molecule has 2 aromatic heterocycles. The predicted octanol–water partition coefficient (Wildman–Crippen LogP) is 4.97. The number of anilines is 1. The van der Waals surface area contributed by atoms with Gasteiger partial charge < -0.3 is 14.8 Å². The standard InChI is InChI=1S/C23H22N4O3S2/c1-4-30-16-10-9-14(11-17(16)29-3)21-20-13(2)26-27(22(20)25-19(28)12-31-21)23-24-15-7-5-6-8-18(15)32-23/h5-11,21H,4,12H2,1-3H3,(H,25,28)/t21-/m1/s1. The van der Waals surface area contributed by atoms with E-state index in [0.29, 0.717) is 29.7 Å². The molecular weight excluding hydrogens is 444 g/mol. The fourth-order valence-corrected chi connectivity index (χ4v) is 5.96. The van der Waals surface area contributed by atoms with Crippen LogP contribution in [0.25, 0.3) is 15.3 Å². The first-order chi connectivity index (χ1) is 15.6. The van der Waals surface area contributed by atoms with Crippen LogP contribution in [0.1, 0.15) is 29.0 Å². The number of methoxy groups -OCH3 is 1. The summed E-state index contributed by atoms with van der Waals surface area (Å²) in [6.45, 7) is 4.47. The maximum atomic E-state index is 12.6. The minimum absolute atomic E-state index is 0.0566. The molecule has 0 aliphatic carbocycles. The maximum absolute atomic E-state index is 12.6. The number of hydrogen-bond acceptors (Lipinski definition) is 7. The number of hydrogen-bond donors (Lipinski definition) is 1. The minimum atomic E-state index is -0.0864. The average molecular weight is 467 g/mol. The molecule has 0 saturated heterocycles. The number of thioether (sulfide) groups is 1. The molecule has 3 heterocycles. The SMILES string of the molecule is CCOc1ccc([C@H]2SCC(=O)Nc3c2c(C)nn3-c2nc3ccccc3s2)cc1OC. The second kappa shape index (κ2) is 8.48. The molecule has 164 valence electrons. The van der Waals surface area contributed by atoms with E-state index in [4.69, 9.17) is 19.6 Å². The van der Waals surface area contributed by atoms with Crippen molar-refractivity contribution >= 4 is 45.0 Å².